The van der Waals surface area contributed by atoms with Crippen molar-refractivity contribution in [1.82, 2.24) is 5.32 Å². The van der Waals surface area contributed by atoms with Crippen LogP contribution in [0.15, 0.2) is 22.7 Å². The molecule has 1 aliphatic rings. The molecule has 16 heavy (non-hydrogen) atoms. The molecule has 1 atom stereocenters. The molecule has 2 rings (SSSR count). The molecular formula is C12H15BrClNO. The van der Waals surface area contributed by atoms with Gasteiger partial charge in [-0.15, -0.1) is 0 Å². The predicted octanol–water partition coefficient (Wildman–Crippen LogP) is 3.48. The molecule has 1 N–H and O–H groups in total. The lowest BCUT2D eigenvalue weighted by Crippen LogP contribution is -2.33. The minimum atomic E-state index is 0.605. The second-order valence-electron chi connectivity index (χ2n) is 4.10. The van der Waals surface area contributed by atoms with Crippen molar-refractivity contribution in [2.24, 2.45) is 5.92 Å². The average Bonchev–Trinajstić information content (AvgIpc) is 2.29. The highest BCUT2D eigenvalue weighted by Crippen LogP contribution is 2.28. The zero-order chi connectivity index (χ0) is 11.4. The molecule has 1 aromatic rings. The van der Waals surface area contributed by atoms with Gasteiger partial charge in [0.2, 0.25) is 0 Å². The maximum atomic E-state index is 6.08. The zero-order valence-electron chi connectivity index (χ0n) is 9.01. The van der Waals surface area contributed by atoms with Gasteiger partial charge in [-0.2, -0.15) is 0 Å². The van der Waals surface area contributed by atoms with Crippen LogP contribution in [0.5, 0.6) is 5.75 Å². The molecule has 2 nitrogen and oxygen atoms in total. The van der Waals surface area contributed by atoms with Crippen molar-refractivity contribution in [3.8, 4) is 5.75 Å². The summed E-state index contributed by atoms with van der Waals surface area (Å²) < 4.78 is 6.71. The van der Waals surface area contributed by atoms with E-state index in [1.165, 1.54) is 12.8 Å². The summed E-state index contributed by atoms with van der Waals surface area (Å²) in [4.78, 5) is 0. The summed E-state index contributed by atoms with van der Waals surface area (Å²) in [5.41, 5.74) is 0. The summed E-state index contributed by atoms with van der Waals surface area (Å²) in [7, 11) is 0. The predicted molar refractivity (Wildman–Crippen MR) is 70.2 cm³/mol. The van der Waals surface area contributed by atoms with Gasteiger partial charge in [0.15, 0.2) is 0 Å². The summed E-state index contributed by atoms with van der Waals surface area (Å²) in [5.74, 6) is 1.38. The molecule has 4 heteroatoms. The summed E-state index contributed by atoms with van der Waals surface area (Å²) in [6.07, 6.45) is 2.48. The number of rotatable bonds is 3. The minimum Gasteiger partial charge on any atom is -0.492 e. The van der Waals surface area contributed by atoms with E-state index < -0.39 is 0 Å². The van der Waals surface area contributed by atoms with E-state index in [0.29, 0.717) is 10.9 Å². The van der Waals surface area contributed by atoms with Crippen LogP contribution in [0.3, 0.4) is 0 Å². The van der Waals surface area contributed by atoms with Crippen molar-refractivity contribution < 1.29 is 4.74 Å². The van der Waals surface area contributed by atoms with Crippen molar-refractivity contribution in [2.75, 3.05) is 19.7 Å². The van der Waals surface area contributed by atoms with Crippen molar-refractivity contribution in [2.45, 2.75) is 12.8 Å². The molecule has 0 spiro atoms. The first-order chi connectivity index (χ1) is 7.75. The quantitative estimate of drug-likeness (QED) is 0.923. The Balaban J connectivity index is 1.88. The van der Waals surface area contributed by atoms with Crippen LogP contribution in [0.2, 0.25) is 5.02 Å². The normalized spacial score (nSPS) is 20.8. The van der Waals surface area contributed by atoms with Gasteiger partial charge < -0.3 is 10.1 Å². The van der Waals surface area contributed by atoms with Crippen LogP contribution in [0.4, 0.5) is 0 Å². The van der Waals surface area contributed by atoms with Crippen LogP contribution < -0.4 is 10.1 Å². The molecule has 0 bridgehead atoms. The minimum absolute atomic E-state index is 0.605. The van der Waals surface area contributed by atoms with Crippen LogP contribution in [-0.4, -0.2) is 19.7 Å². The third kappa shape index (κ3) is 3.37. The van der Waals surface area contributed by atoms with Gasteiger partial charge in [0.1, 0.15) is 5.75 Å². The maximum absolute atomic E-state index is 6.08. The Morgan fingerprint density at radius 3 is 3.06 bits per heavy atom. The van der Waals surface area contributed by atoms with E-state index in [0.717, 1.165) is 29.9 Å². The van der Waals surface area contributed by atoms with E-state index >= 15 is 0 Å². The van der Waals surface area contributed by atoms with E-state index in [-0.39, 0.29) is 0 Å². The Kier molecular flexibility index (Phi) is 4.50. The lowest BCUT2D eigenvalue weighted by molar-refractivity contribution is 0.218. The topological polar surface area (TPSA) is 21.3 Å². The van der Waals surface area contributed by atoms with Gasteiger partial charge >= 0.3 is 0 Å². The second kappa shape index (κ2) is 5.89. The molecular weight excluding hydrogens is 289 g/mol. The molecule has 0 aliphatic carbocycles. The van der Waals surface area contributed by atoms with Crippen molar-refractivity contribution >= 4 is 27.5 Å². The SMILES string of the molecule is Clc1cc(Br)ccc1OCC1CCCNC1. The molecule has 88 valence electrons. The first kappa shape index (κ1) is 12.2. The zero-order valence-corrected chi connectivity index (χ0v) is 11.4. The Hall–Kier alpha value is -0.250. The lowest BCUT2D eigenvalue weighted by atomic mass is 10.0. The monoisotopic (exact) mass is 303 g/mol. The number of ether oxygens (including phenoxy) is 1. The van der Waals surface area contributed by atoms with Crippen LogP contribution in [0.25, 0.3) is 0 Å². The van der Waals surface area contributed by atoms with Crippen LogP contribution in [0.1, 0.15) is 12.8 Å². The van der Waals surface area contributed by atoms with Gasteiger partial charge in [0.25, 0.3) is 0 Å². The van der Waals surface area contributed by atoms with Gasteiger partial charge in [-0.3, -0.25) is 0 Å². The smallest absolute Gasteiger partial charge is 0.137 e. The molecule has 1 saturated heterocycles. The van der Waals surface area contributed by atoms with E-state index in [9.17, 15) is 0 Å². The highest BCUT2D eigenvalue weighted by Gasteiger charge is 2.14. The molecule has 1 fully saturated rings. The van der Waals surface area contributed by atoms with Crippen LogP contribution >= 0.6 is 27.5 Å². The molecule has 1 unspecified atom stereocenters. The largest absolute Gasteiger partial charge is 0.492 e. The third-order valence-electron chi connectivity index (χ3n) is 2.77. The molecule has 1 aliphatic heterocycles. The Morgan fingerprint density at radius 2 is 2.38 bits per heavy atom. The van der Waals surface area contributed by atoms with Gasteiger partial charge in [-0.25, -0.2) is 0 Å². The Labute approximate surface area is 109 Å². The third-order valence-corrected chi connectivity index (χ3v) is 3.56. The fourth-order valence-electron chi connectivity index (χ4n) is 1.87. The lowest BCUT2D eigenvalue weighted by Gasteiger charge is -2.23. The highest BCUT2D eigenvalue weighted by atomic mass is 79.9. The standard InChI is InChI=1S/C12H15BrClNO/c13-10-3-4-12(11(14)6-10)16-8-9-2-1-5-15-7-9/h3-4,6,9,15H,1-2,5,7-8H2. The van der Waals surface area contributed by atoms with E-state index in [4.69, 9.17) is 16.3 Å². The molecule has 0 saturated carbocycles. The molecule has 1 heterocycles. The number of hydrogen-bond acceptors (Lipinski definition) is 2. The molecule has 1 aromatic carbocycles. The van der Waals surface area contributed by atoms with Crippen LogP contribution in [-0.2, 0) is 0 Å². The summed E-state index contributed by atoms with van der Waals surface area (Å²) in [5, 5.41) is 4.04. The number of halogens is 2. The summed E-state index contributed by atoms with van der Waals surface area (Å²) in [6.45, 7) is 2.93. The van der Waals surface area contributed by atoms with Crippen molar-refractivity contribution in [3.63, 3.8) is 0 Å². The number of piperidine rings is 1. The molecule has 0 amide bonds. The second-order valence-corrected chi connectivity index (χ2v) is 5.42. The fraction of sp³-hybridized carbons (Fsp3) is 0.500. The van der Waals surface area contributed by atoms with E-state index in [1.54, 1.807) is 0 Å². The highest BCUT2D eigenvalue weighted by molar-refractivity contribution is 9.10. The van der Waals surface area contributed by atoms with Crippen molar-refractivity contribution in [3.05, 3.63) is 27.7 Å². The summed E-state index contributed by atoms with van der Waals surface area (Å²) in [6, 6.07) is 5.71. The van der Waals surface area contributed by atoms with Crippen molar-refractivity contribution in [1.29, 1.82) is 0 Å². The average molecular weight is 305 g/mol. The Bertz CT molecular complexity index is 353. The molecule has 0 radical (unpaired) electrons. The fourth-order valence-corrected chi connectivity index (χ4v) is 2.59. The number of benzene rings is 1. The van der Waals surface area contributed by atoms with Gasteiger partial charge in [-0.05, 0) is 37.6 Å². The van der Waals surface area contributed by atoms with Gasteiger partial charge in [-0.1, -0.05) is 27.5 Å². The number of nitrogens with one attached hydrogen (secondary N) is 1. The van der Waals surface area contributed by atoms with E-state index in [1.807, 2.05) is 18.2 Å². The van der Waals surface area contributed by atoms with E-state index in [2.05, 4.69) is 21.2 Å². The Morgan fingerprint density at radius 1 is 1.50 bits per heavy atom. The van der Waals surface area contributed by atoms with Gasteiger partial charge in [0, 0.05) is 16.9 Å². The summed E-state index contributed by atoms with van der Waals surface area (Å²) >= 11 is 9.45. The maximum Gasteiger partial charge on any atom is 0.137 e. The first-order valence-corrected chi connectivity index (χ1v) is 6.71. The first-order valence-electron chi connectivity index (χ1n) is 5.54. The molecule has 0 aromatic heterocycles. The van der Waals surface area contributed by atoms with Gasteiger partial charge in [0.05, 0.1) is 11.6 Å². The number of hydrogen-bond donors (Lipinski definition) is 1. The van der Waals surface area contributed by atoms with Crippen LogP contribution in [0, 0.1) is 5.92 Å².